The molecule has 1 aromatic carbocycles. The van der Waals surface area contributed by atoms with E-state index >= 15 is 0 Å². The van der Waals surface area contributed by atoms with E-state index in [4.69, 9.17) is 0 Å². The average molecular weight is 401 g/mol. The van der Waals surface area contributed by atoms with Crippen molar-refractivity contribution in [1.82, 2.24) is 23.8 Å². The average Bonchev–Trinajstić information content (AvgIpc) is 3.14. The van der Waals surface area contributed by atoms with E-state index in [1.165, 1.54) is 16.8 Å². The topological polar surface area (TPSA) is 87.5 Å². The molecule has 1 saturated heterocycles. The third-order valence-corrected chi connectivity index (χ3v) is 6.70. The van der Waals surface area contributed by atoms with Gasteiger partial charge in [-0.3, -0.25) is 0 Å². The van der Waals surface area contributed by atoms with Crippen molar-refractivity contribution in [2.45, 2.75) is 5.03 Å². The van der Waals surface area contributed by atoms with E-state index < -0.39 is 10.0 Å². The molecule has 1 aliphatic rings. The number of rotatable bonds is 4. The fourth-order valence-corrected chi connectivity index (χ4v) is 4.81. The molecular weight excluding hydrogens is 378 g/mol. The molecule has 28 heavy (non-hydrogen) atoms. The van der Waals surface area contributed by atoms with Crippen LogP contribution in [0, 0.1) is 0 Å². The summed E-state index contributed by atoms with van der Waals surface area (Å²) in [5, 5.41) is 1.08. The van der Waals surface area contributed by atoms with E-state index in [2.05, 4.69) is 25.9 Å². The van der Waals surface area contributed by atoms with Crippen molar-refractivity contribution in [2.75, 3.05) is 50.1 Å². The molecule has 0 unspecified atom stereocenters. The first-order valence-electron chi connectivity index (χ1n) is 9.01. The van der Waals surface area contributed by atoms with Gasteiger partial charge in [-0.05, 0) is 18.2 Å². The number of sulfonamides is 1. The summed E-state index contributed by atoms with van der Waals surface area (Å²) in [6, 6.07) is 6.08. The molecule has 0 aliphatic carbocycles. The number of hydrogen-bond acceptors (Lipinski definition) is 7. The molecule has 0 bridgehead atoms. The number of benzene rings is 1. The Hall–Kier alpha value is -2.72. The van der Waals surface area contributed by atoms with E-state index in [0.717, 1.165) is 22.4 Å². The summed E-state index contributed by atoms with van der Waals surface area (Å²) >= 11 is 0. The normalized spacial score (nSPS) is 15.9. The second-order valence-electron chi connectivity index (χ2n) is 7.06. The maximum Gasteiger partial charge on any atom is 0.262 e. The van der Waals surface area contributed by atoms with Crippen LogP contribution in [0.5, 0.6) is 0 Å². The first-order chi connectivity index (χ1) is 13.4. The summed E-state index contributed by atoms with van der Waals surface area (Å²) in [6.45, 7) is 2.07. The number of aryl methyl sites for hydroxylation is 1. The highest BCUT2D eigenvalue weighted by molar-refractivity contribution is 7.89. The Morgan fingerprint density at radius 1 is 1.04 bits per heavy atom. The lowest BCUT2D eigenvalue weighted by atomic mass is 10.1. The van der Waals surface area contributed by atoms with Crippen LogP contribution in [-0.4, -0.2) is 72.5 Å². The van der Waals surface area contributed by atoms with Crippen LogP contribution in [-0.2, 0) is 17.1 Å². The van der Waals surface area contributed by atoms with Crippen molar-refractivity contribution in [3.8, 4) is 0 Å². The predicted molar refractivity (Wildman–Crippen MR) is 108 cm³/mol. The van der Waals surface area contributed by atoms with Crippen molar-refractivity contribution >= 4 is 32.4 Å². The lowest BCUT2D eigenvalue weighted by Crippen LogP contribution is -2.48. The lowest BCUT2D eigenvalue weighted by molar-refractivity contribution is 0.383. The molecule has 148 valence electrons. The van der Waals surface area contributed by atoms with Crippen molar-refractivity contribution in [3.63, 3.8) is 0 Å². The summed E-state index contributed by atoms with van der Waals surface area (Å²) in [4.78, 5) is 16.9. The molecule has 0 radical (unpaired) electrons. The largest absolute Gasteiger partial charge is 0.369 e. The van der Waals surface area contributed by atoms with E-state index in [0.29, 0.717) is 26.2 Å². The zero-order valence-electron chi connectivity index (χ0n) is 16.1. The first-order valence-corrected chi connectivity index (χ1v) is 10.5. The van der Waals surface area contributed by atoms with Gasteiger partial charge >= 0.3 is 0 Å². The molecule has 0 amide bonds. The highest BCUT2D eigenvalue weighted by Crippen LogP contribution is 2.27. The van der Waals surface area contributed by atoms with E-state index in [9.17, 15) is 8.42 Å². The number of hydrogen-bond donors (Lipinski definition) is 0. The maximum atomic E-state index is 12.7. The Morgan fingerprint density at radius 2 is 1.79 bits per heavy atom. The van der Waals surface area contributed by atoms with Crippen molar-refractivity contribution in [3.05, 3.63) is 37.1 Å². The van der Waals surface area contributed by atoms with E-state index in [-0.39, 0.29) is 5.03 Å². The Kier molecular flexibility index (Phi) is 4.68. The number of imidazole rings is 1. The molecule has 1 aliphatic heterocycles. The fourth-order valence-electron chi connectivity index (χ4n) is 3.43. The molecule has 3 aromatic rings. The fraction of sp³-hybridized carbons (Fsp3) is 0.389. The van der Waals surface area contributed by atoms with Crippen LogP contribution in [0.15, 0.2) is 42.1 Å². The lowest BCUT2D eigenvalue weighted by Gasteiger charge is -2.35. The van der Waals surface area contributed by atoms with Gasteiger partial charge in [0.25, 0.3) is 10.0 Å². The monoisotopic (exact) mass is 401 g/mol. The maximum absolute atomic E-state index is 12.7. The standard InChI is InChI=1S/C18H23N7O2S/c1-22(2)18-15-10-14(4-5-16(15)19-12-20-18)24-6-8-25(9-7-24)28(26,27)17-11-23(3)13-21-17/h4-5,10-13H,6-9H2,1-3H3. The highest BCUT2D eigenvalue weighted by atomic mass is 32.2. The van der Waals surface area contributed by atoms with Crippen molar-refractivity contribution < 1.29 is 8.42 Å². The minimum absolute atomic E-state index is 0.0990. The highest BCUT2D eigenvalue weighted by Gasteiger charge is 2.30. The minimum atomic E-state index is -3.55. The van der Waals surface area contributed by atoms with Gasteiger partial charge in [-0.1, -0.05) is 0 Å². The summed E-state index contributed by atoms with van der Waals surface area (Å²) in [6.07, 6.45) is 4.61. The second kappa shape index (κ2) is 7.02. The van der Waals surface area contributed by atoms with Gasteiger partial charge in [0.15, 0.2) is 5.03 Å². The molecule has 0 spiro atoms. The van der Waals surface area contributed by atoms with Crippen LogP contribution < -0.4 is 9.80 Å². The molecule has 1 fully saturated rings. The SMILES string of the molecule is CN(C)c1ncnc2ccc(N3CCN(S(=O)(=O)c4cn(C)cn4)CC3)cc12. The molecule has 9 nitrogen and oxygen atoms in total. The van der Waals surface area contributed by atoms with Gasteiger partial charge in [0.05, 0.1) is 11.8 Å². The third-order valence-electron chi connectivity index (χ3n) is 4.91. The van der Waals surface area contributed by atoms with Gasteiger partial charge in [0.2, 0.25) is 0 Å². The second-order valence-corrected chi connectivity index (χ2v) is 8.95. The molecular formula is C18H23N7O2S. The van der Waals surface area contributed by atoms with Gasteiger partial charge in [-0.2, -0.15) is 4.31 Å². The van der Waals surface area contributed by atoms with Crippen LogP contribution in [0.2, 0.25) is 0 Å². The van der Waals surface area contributed by atoms with Crippen LogP contribution in [0.25, 0.3) is 10.9 Å². The van der Waals surface area contributed by atoms with Crippen LogP contribution in [0.1, 0.15) is 0 Å². The Bertz CT molecular complexity index is 1100. The Labute approximate surface area is 164 Å². The smallest absolute Gasteiger partial charge is 0.262 e. The van der Waals surface area contributed by atoms with Crippen LogP contribution in [0.3, 0.4) is 0 Å². The van der Waals surface area contributed by atoms with Crippen LogP contribution >= 0.6 is 0 Å². The van der Waals surface area contributed by atoms with Crippen molar-refractivity contribution in [1.29, 1.82) is 0 Å². The number of aromatic nitrogens is 4. The third kappa shape index (κ3) is 3.29. The molecule has 4 rings (SSSR count). The molecule has 3 heterocycles. The zero-order valence-corrected chi connectivity index (χ0v) is 17.0. The molecule has 10 heteroatoms. The minimum Gasteiger partial charge on any atom is -0.369 e. The van der Waals surface area contributed by atoms with Gasteiger partial charge in [-0.25, -0.2) is 23.4 Å². The van der Waals surface area contributed by atoms with Gasteiger partial charge in [0.1, 0.15) is 12.1 Å². The number of fused-ring (bicyclic) bond motifs is 1. The predicted octanol–water partition coefficient (Wildman–Crippen LogP) is 0.940. The Balaban J connectivity index is 1.55. The van der Waals surface area contributed by atoms with Crippen molar-refractivity contribution in [2.24, 2.45) is 7.05 Å². The van der Waals surface area contributed by atoms with E-state index in [1.54, 1.807) is 17.9 Å². The van der Waals surface area contributed by atoms with Gasteiger partial charge in [0, 0.05) is 64.6 Å². The molecule has 0 atom stereocenters. The van der Waals surface area contributed by atoms with Crippen LogP contribution in [0.4, 0.5) is 11.5 Å². The van der Waals surface area contributed by atoms with Gasteiger partial charge in [-0.15, -0.1) is 0 Å². The summed E-state index contributed by atoms with van der Waals surface area (Å²) in [5.74, 6) is 0.864. The number of piperazine rings is 1. The quantitative estimate of drug-likeness (QED) is 0.643. The molecule has 0 saturated carbocycles. The Morgan fingerprint density at radius 3 is 2.43 bits per heavy atom. The number of nitrogens with zero attached hydrogens (tertiary/aromatic N) is 7. The van der Waals surface area contributed by atoms with E-state index in [1.807, 2.05) is 31.1 Å². The molecule has 0 N–H and O–H groups in total. The summed E-state index contributed by atoms with van der Waals surface area (Å²) in [5.41, 5.74) is 1.93. The molecule has 2 aromatic heterocycles. The summed E-state index contributed by atoms with van der Waals surface area (Å²) in [7, 11) is 2.12. The number of anilines is 2. The zero-order chi connectivity index (χ0) is 19.9. The van der Waals surface area contributed by atoms with Gasteiger partial charge < -0.3 is 14.4 Å². The summed E-state index contributed by atoms with van der Waals surface area (Å²) < 4.78 is 28.6. The first kappa shape index (κ1) is 18.6.